The van der Waals surface area contributed by atoms with E-state index in [9.17, 15) is 4.79 Å². The number of nitrogens with one attached hydrogen (secondary N) is 1. The monoisotopic (exact) mass is 432 g/mol. The van der Waals surface area contributed by atoms with Crippen LogP contribution >= 0.6 is 12.2 Å². The van der Waals surface area contributed by atoms with Crippen LogP contribution in [0.3, 0.4) is 0 Å². The van der Waals surface area contributed by atoms with Gasteiger partial charge in [-0.1, -0.05) is 48.5 Å². The molecule has 0 spiro atoms. The Morgan fingerprint density at radius 3 is 2.52 bits per heavy atom. The van der Waals surface area contributed by atoms with E-state index in [0.717, 1.165) is 42.9 Å². The van der Waals surface area contributed by atoms with E-state index in [1.165, 1.54) is 5.56 Å². The van der Waals surface area contributed by atoms with Gasteiger partial charge in [0.15, 0.2) is 4.77 Å². The lowest BCUT2D eigenvalue weighted by molar-refractivity contribution is -0.127. The van der Waals surface area contributed by atoms with Gasteiger partial charge < -0.3 is 9.47 Å². The van der Waals surface area contributed by atoms with Crippen LogP contribution in [0.25, 0.3) is 17.2 Å². The number of piperidine rings is 1. The number of carbonyl (C=O) groups excluding carboxylic acids is 1. The van der Waals surface area contributed by atoms with Crippen molar-refractivity contribution < 1.29 is 4.79 Å². The first kappa shape index (κ1) is 21.2. The number of aromatic amines is 1. The zero-order valence-corrected chi connectivity index (χ0v) is 18.8. The Bertz CT molecular complexity index is 1120. The van der Waals surface area contributed by atoms with Crippen LogP contribution in [0.1, 0.15) is 50.0 Å². The Morgan fingerprint density at radius 1 is 1.10 bits per heavy atom. The molecule has 1 aliphatic heterocycles. The highest BCUT2D eigenvalue weighted by atomic mass is 32.1. The number of aromatic nitrogens is 3. The third-order valence-electron chi connectivity index (χ3n) is 5.83. The second-order valence-corrected chi connectivity index (χ2v) is 8.66. The minimum atomic E-state index is 0.0614. The average Bonchev–Trinajstić information content (AvgIpc) is 3.20. The third-order valence-corrected chi connectivity index (χ3v) is 6.12. The highest BCUT2D eigenvalue weighted by Gasteiger charge is 2.27. The number of benzene rings is 2. The molecule has 0 saturated carbocycles. The maximum absolute atomic E-state index is 12.7. The largest absolute Gasteiger partial charge is 0.339 e. The summed E-state index contributed by atoms with van der Waals surface area (Å²) in [6, 6.07) is 18.8. The number of carbonyl (C=O) groups is 1. The molecular formula is C25H28N4OS. The molecule has 1 amide bonds. The van der Waals surface area contributed by atoms with Gasteiger partial charge in [-0.05, 0) is 67.7 Å². The zero-order valence-electron chi connectivity index (χ0n) is 18.0. The van der Waals surface area contributed by atoms with Crippen molar-refractivity contribution in [3.05, 3.63) is 76.8 Å². The summed E-state index contributed by atoms with van der Waals surface area (Å²) in [6.07, 6.45) is 5.39. The second kappa shape index (κ2) is 9.43. The van der Waals surface area contributed by atoms with Crippen LogP contribution in [-0.2, 0) is 4.79 Å². The summed E-state index contributed by atoms with van der Waals surface area (Å²) in [5.41, 5.74) is 3.34. The summed E-state index contributed by atoms with van der Waals surface area (Å²) in [5.74, 6) is 1.40. The molecular weight excluding hydrogens is 404 g/mol. The van der Waals surface area contributed by atoms with Crippen LogP contribution < -0.4 is 0 Å². The van der Waals surface area contributed by atoms with Crippen LogP contribution in [0, 0.1) is 4.77 Å². The molecule has 1 aromatic heterocycles. The summed E-state index contributed by atoms with van der Waals surface area (Å²) in [6.45, 7) is 5.70. The predicted molar refractivity (Wildman–Crippen MR) is 127 cm³/mol. The number of H-pyrrole nitrogens is 1. The lowest BCUT2D eigenvalue weighted by Gasteiger charge is -2.31. The molecule has 0 atom stereocenters. The first-order chi connectivity index (χ1) is 15.0. The Hall–Kier alpha value is -2.99. The second-order valence-electron chi connectivity index (χ2n) is 8.28. The number of amides is 1. The molecule has 5 nitrogen and oxygen atoms in total. The van der Waals surface area contributed by atoms with Gasteiger partial charge in [0.1, 0.15) is 5.82 Å². The van der Waals surface area contributed by atoms with Gasteiger partial charge in [-0.25, -0.2) is 0 Å². The molecule has 1 fully saturated rings. The first-order valence-corrected chi connectivity index (χ1v) is 11.2. The van der Waals surface area contributed by atoms with E-state index < -0.39 is 0 Å². The van der Waals surface area contributed by atoms with Crippen molar-refractivity contribution in [1.82, 2.24) is 19.7 Å². The number of likely N-dealkylation sites (tertiary alicyclic amines) is 1. The Balaban J connectivity index is 1.39. The van der Waals surface area contributed by atoms with E-state index in [2.05, 4.69) is 52.9 Å². The lowest BCUT2D eigenvalue weighted by atomic mass is 9.95. The molecule has 3 aromatic rings. The van der Waals surface area contributed by atoms with Crippen LogP contribution in [0.15, 0.2) is 60.7 Å². The molecule has 160 valence electrons. The highest BCUT2D eigenvalue weighted by Crippen LogP contribution is 2.28. The third kappa shape index (κ3) is 4.85. The fraction of sp³-hybridized carbons (Fsp3) is 0.320. The standard InChI is InChI=1S/C25H28N4OS/c1-18(2)29-24(26-27-25(29)31)21-13-15-28(16-14-21)23(30)12-11-19-7-6-10-22(17-19)20-8-4-3-5-9-20/h3-12,17-18,21H,13-16H2,1-2H3,(H,27,31)/b12-11+. The lowest BCUT2D eigenvalue weighted by Crippen LogP contribution is -2.37. The average molecular weight is 433 g/mol. The molecule has 0 radical (unpaired) electrons. The molecule has 1 aliphatic rings. The van der Waals surface area contributed by atoms with Crippen molar-refractivity contribution in [1.29, 1.82) is 0 Å². The van der Waals surface area contributed by atoms with E-state index >= 15 is 0 Å². The van der Waals surface area contributed by atoms with Crippen molar-refractivity contribution in [2.45, 2.75) is 38.6 Å². The van der Waals surface area contributed by atoms with Gasteiger partial charge in [0.25, 0.3) is 0 Å². The Labute approximate surface area is 188 Å². The van der Waals surface area contributed by atoms with Crippen LogP contribution in [-0.4, -0.2) is 38.7 Å². The van der Waals surface area contributed by atoms with Gasteiger partial charge in [0.2, 0.25) is 5.91 Å². The molecule has 0 aliphatic carbocycles. The smallest absolute Gasteiger partial charge is 0.246 e. The van der Waals surface area contributed by atoms with Crippen molar-refractivity contribution in [3.63, 3.8) is 0 Å². The van der Waals surface area contributed by atoms with E-state index in [1.807, 2.05) is 41.3 Å². The highest BCUT2D eigenvalue weighted by molar-refractivity contribution is 7.71. The fourth-order valence-corrected chi connectivity index (χ4v) is 4.54. The SMILES string of the molecule is CC(C)n1c(C2CCN(C(=O)/C=C/c3cccc(-c4ccccc4)c3)CC2)n[nH]c1=S. The van der Waals surface area contributed by atoms with E-state index in [1.54, 1.807) is 6.08 Å². The van der Waals surface area contributed by atoms with Gasteiger partial charge in [-0.3, -0.25) is 9.89 Å². The van der Waals surface area contributed by atoms with E-state index in [-0.39, 0.29) is 11.9 Å². The summed E-state index contributed by atoms with van der Waals surface area (Å²) < 4.78 is 2.76. The molecule has 4 rings (SSSR count). The van der Waals surface area contributed by atoms with Crippen LogP contribution in [0.2, 0.25) is 0 Å². The number of hydrogen-bond donors (Lipinski definition) is 1. The van der Waals surface area contributed by atoms with Crippen LogP contribution in [0.5, 0.6) is 0 Å². The molecule has 2 heterocycles. The molecule has 6 heteroatoms. The van der Waals surface area contributed by atoms with Crippen molar-refractivity contribution in [2.24, 2.45) is 0 Å². The summed E-state index contributed by atoms with van der Waals surface area (Å²) in [4.78, 5) is 14.7. The normalized spacial score (nSPS) is 15.1. The van der Waals surface area contributed by atoms with Crippen molar-refractivity contribution in [3.8, 4) is 11.1 Å². The minimum absolute atomic E-state index is 0.0614. The number of rotatable bonds is 5. The number of nitrogens with zero attached hydrogens (tertiary/aromatic N) is 3. The number of hydrogen-bond acceptors (Lipinski definition) is 3. The van der Waals surface area contributed by atoms with Gasteiger partial charge in [0.05, 0.1) is 0 Å². The fourth-order valence-electron chi connectivity index (χ4n) is 4.19. The maximum atomic E-state index is 12.7. The molecule has 31 heavy (non-hydrogen) atoms. The van der Waals surface area contributed by atoms with Gasteiger partial charge in [0, 0.05) is 31.1 Å². The van der Waals surface area contributed by atoms with Gasteiger partial charge in [-0.15, -0.1) is 0 Å². The van der Waals surface area contributed by atoms with Crippen molar-refractivity contribution in [2.75, 3.05) is 13.1 Å². The zero-order chi connectivity index (χ0) is 21.8. The van der Waals surface area contributed by atoms with Gasteiger partial charge in [-0.2, -0.15) is 5.10 Å². The van der Waals surface area contributed by atoms with Gasteiger partial charge >= 0.3 is 0 Å². The summed E-state index contributed by atoms with van der Waals surface area (Å²) >= 11 is 5.38. The topological polar surface area (TPSA) is 53.9 Å². The minimum Gasteiger partial charge on any atom is -0.339 e. The molecule has 0 unspecified atom stereocenters. The Kier molecular flexibility index (Phi) is 6.47. The molecule has 1 saturated heterocycles. The van der Waals surface area contributed by atoms with Crippen molar-refractivity contribution >= 4 is 24.2 Å². The van der Waals surface area contributed by atoms with Crippen LogP contribution in [0.4, 0.5) is 0 Å². The summed E-state index contributed by atoms with van der Waals surface area (Å²) in [7, 11) is 0. The van der Waals surface area contributed by atoms with E-state index in [0.29, 0.717) is 10.7 Å². The summed E-state index contributed by atoms with van der Waals surface area (Å²) in [5, 5.41) is 7.40. The quantitative estimate of drug-likeness (QED) is 0.421. The first-order valence-electron chi connectivity index (χ1n) is 10.8. The predicted octanol–water partition coefficient (Wildman–Crippen LogP) is 5.61. The maximum Gasteiger partial charge on any atom is 0.246 e. The Morgan fingerprint density at radius 2 is 1.81 bits per heavy atom. The van der Waals surface area contributed by atoms with E-state index in [4.69, 9.17) is 12.2 Å². The molecule has 2 aromatic carbocycles. The molecule has 1 N–H and O–H groups in total. The molecule has 0 bridgehead atoms.